The Hall–Kier alpha value is -1.83. The maximum absolute atomic E-state index is 12.5. The van der Waals surface area contributed by atoms with Gasteiger partial charge in [-0.25, -0.2) is 4.98 Å². The molecule has 4 heterocycles. The maximum Gasteiger partial charge on any atom is 0.280 e. The summed E-state index contributed by atoms with van der Waals surface area (Å²) in [6.45, 7) is 0.399. The van der Waals surface area contributed by atoms with Crippen LogP contribution in [0.1, 0.15) is 31.6 Å². The number of aromatic nitrogens is 4. The van der Waals surface area contributed by atoms with E-state index < -0.39 is 36.8 Å². The summed E-state index contributed by atoms with van der Waals surface area (Å²) in [7, 11) is 0. The first-order valence-electron chi connectivity index (χ1n) is 10.2. The lowest BCUT2D eigenvalue weighted by atomic mass is 10.0. The van der Waals surface area contributed by atoms with Crippen LogP contribution in [0.15, 0.2) is 39.1 Å². The van der Waals surface area contributed by atoms with Crippen LogP contribution in [0.3, 0.4) is 0 Å². The molecule has 0 bridgehead atoms. The molecule has 176 valence electrons. The number of nitrogen functional groups attached to an aromatic ring is 1. The number of fused-ring (bicyclic) bond motifs is 2. The lowest BCUT2D eigenvalue weighted by molar-refractivity contribution is -0.227. The van der Waals surface area contributed by atoms with Gasteiger partial charge in [-0.2, -0.15) is 4.98 Å². The van der Waals surface area contributed by atoms with Crippen LogP contribution in [-0.2, 0) is 25.6 Å². The molecule has 1 aromatic carbocycles. The molecule has 5 atom stereocenters. The lowest BCUT2D eigenvalue weighted by Gasteiger charge is -2.38. The number of hydrogen-bond donors (Lipinski definition) is 3. The predicted octanol–water partition coefficient (Wildman–Crippen LogP) is 1.23. The van der Waals surface area contributed by atoms with E-state index in [4.69, 9.17) is 31.3 Å². The fourth-order valence-electron chi connectivity index (χ4n) is 3.85. The van der Waals surface area contributed by atoms with Gasteiger partial charge < -0.3 is 29.5 Å². The molecule has 0 spiro atoms. The van der Waals surface area contributed by atoms with Crippen molar-refractivity contribution in [3.63, 3.8) is 0 Å². The Morgan fingerprint density at radius 2 is 2.09 bits per heavy atom. The topological polar surface area (TPSA) is 161 Å². The van der Waals surface area contributed by atoms with Crippen molar-refractivity contribution in [1.29, 1.82) is 0 Å². The standard InChI is InChI=1S/C19H22N5O6PS2/c1-8(2)9-3-5-10(6-4-9)33-19-21-12-15(22-18(20)23-16(12)26)24(19)17-13(25)14-11(29-17)7-28-31(27,32)30-14/h3-6,8,11,13-14,17,25H,7H2,1-2H3,(H,27,32)(H3,20,22,23,26)/p-1/t11?,13?,14-,17-,31?/m1/s1. The summed E-state index contributed by atoms with van der Waals surface area (Å²) in [5, 5.41) is 11.4. The molecule has 33 heavy (non-hydrogen) atoms. The zero-order valence-electron chi connectivity index (χ0n) is 17.6. The van der Waals surface area contributed by atoms with Gasteiger partial charge in [0.05, 0.1) is 6.61 Å². The Labute approximate surface area is 197 Å². The van der Waals surface area contributed by atoms with Crippen LogP contribution in [0.5, 0.6) is 0 Å². The SMILES string of the molecule is CC(C)c1ccc(Sc2nc3c(=O)[nH]c(N)nc3n2[C@@H]2OC3COP([O-])(=S)O[C@H]3C2O)cc1. The van der Waals surface area contributed by atoms with Crippen molar-refractivity contribution < 1.29 is 23.8 Å². The number of nitrogens with zero attached hydrogens (tertiary/aromatic N) is 3. The molecule has 2 fully saturated rings. The van der Waals surface area contributed by atoms with Gasteiger partial charge in [-0.1, -0.05) is 49.5 Å². The van der Waals surface area contributed by atoms with Crippen molar-refractivity contribution in [2.75, 3.05) is 12.3 Å². The van der Waals surface area contributed by atoms with E-state index in [0.717, 1.165) is 4.90 Å². The van der Waals surface area contributed by atoms with Gasteiger partial charge in [0.25, 0.3) is 5.56 Å². The predicted molar refractivity (Wildman–Crippen MR) is 122 cm³/mol. The Morgan fingerprint density at radius 3 is 2.79 bits per heavy atom. The highest BCUT2D eigenvalue weighted by molar-refractivity contribution is 8.06. The molecule has 3 unspecified atom stereocenters. The Balaban J connectivity index is 1.58. The Bertz CT molecular complexity index is 1310. The smallest absolute Gasteiger partial charge is 0.280 e. The van der Waals surface area contributed by atoms with E-state index in [1.54, 1.807) is 0 Å². The summed E-state index contributed by atoms with van der Waals surface area (Å²) < 4.78 is 17.9. The highest BCUT2D eigenvalue weighted by atomic mass is 32.5. The number of nitrogens with one attached hydrogen (secondary N) is 1. The molecule has 2 aromatic heterocycles. The summed E-state index contributed by atoms with van der Waals surface area (Å²) >= 11 is 6.09. The Morgan fingerprint density at radius 1 is 1.36 bits per heavy atom. The summed E-state index contributed by atoms with van der Waals surface area (Å²) in [6, 6.07) is 7.94. The molecule has 4 N–H and O–H groups in total. The van der Waals surface area contributed by atoms with Gasteiger partial charge in [0.1, 0.15) is 25.0 Å². The van der Waals surface area contributed by atoms with Crippen LogP contribution in [0.25, 0.3) is 11.2 Å². The first kappa shape index (κ1) is 22.9. The number of nitrogens with two attached hydrogens (primary N) is 1. The zero-order chi connectivity index (χ0) is 23.5. The van der Waals surface area contributed by atoms with Gasteiger partial charge in [0.2, 0.25) is 5.95 Å². The van der Waals surface area contributed by atoms with Crippen molar-refractivity contribution in [3.8, 4) is 0 Å². The van der Waals surface area contributed by atoms with Crippen LogP contribution in [0.4, 0.5) is 5.95 Å². The van der Waals surface area contributed by atoms with E-state index >= 15 is 0 Å². The van der Waals surface area contributed by atoms with E-state index in [1.165, 1.54) is 21.9 Å². The monoisotopic (exact) mass is 510 g/mol. The zero-order valence-corrected chi connectivity index (χ0v) is 20.1. The number of aromatic amines is 1. The minimum Gasteiger partial charge on any atom is -0.780 e. The highest BCUT2D eigenvalue weighted by Gasteiger charge is 2.50. The average molecular weight is 511 g/mol. The van der Waals surface area contributed by atoms with Crippen molar-refractivity contribution >= 4 is 47.4 Å². The number of hydrogen-bond acceptors (Lipinski definition) is 11. The second-order valence-corrected chi connectivity index (χ2v) is 11.8. The van der Waals surface area contributed by atoms with Gasteiger partial charge in [-0.05, 0) is 23.6 Å². The van der Waals surface area contributed by atoms with Crippen molar-refractivity contribution in [3.05, 3.63) is 40.2 Å². The summed E-state index contributed by atoms with van der Waals surface area (Å²) in [6.07, 6.45) is -3.99. The van der Waals surface area contributed by atoms with E-state index in [9.17, 15) is 14.8 Å². The third kappa shape index (κ3) is 4.24. The number of benzene rings is 1. The van der Waals surface area contributed by atoms with Crippen LogP contribution in [0, 0.1) is 0 Å². The van der Waals surface area contributed by atoms with Gasteiger partial charge >= 0.3 is 0 Å². The number of aliphatic hydroxyl groups excluding tert-OH is 1. The molecule has 2 aliphatic rings. The second-order valence-electron chi connectivity index (χ2n) is 8.08. The molecule has 2 saturated heterocycles. The van der Waals surface area contributed by atoms with Gasteiger partial charge in [0, 0.05) is 4.90 Å². The molecule has 0 saturated carbocycles. The number of ether oxygens (including phenoxy) is 1. The highest BCUT2D eigenvalue weighted by Crippen LogP contribution is 2.50. The Kier molecular flexibility index (Phi) is 5.86. The van der Waals surface area contributed by atoms with Gasteiger partial charge in [-0.3, -0.25) is 14.3 Å². The molecule has 0 amide bonds. The quantitative estimate of drug-likeness (QED) is 0.433. The second kappa shape index (κ2) is 8.43. The summed E-state index contributed by atoms with van der Waals surface area (Å²) in [5.41, 5.74) is 6.62. The molecule has 0 aliphatic carbocycles. The van der Waals surface area contributed by atoms with E-state index in [-0.39, 0.29) is 23.7 Å². The average Bonchev–Trinajstić information content (AvgIpc) is 3.25. The number of aliphatic hydroxyl groups is 1. The number of H-pyrrole nitrogens is 1. The number of imidazole rings is 1. The van der Waals surface area contributed by atoms with Crippen LogP contribution in [-0.4, -0.2) is 49.5 Å². The fraction of sp³-hybridized carbons (Fsp3) is 0.421. The maximum atomic E-state index is 12.5. The fourth-order valence-corrected chi connectivity index (χ4v) is 6.19. The third-order valence-electron chi connectivity index (χ3n) is 5.50. The van der Waals surface area contributed by atoms with Gasteiger partial charge in [-0.15, -0.1) is 0 Å². The third-order valence-corrected chi connectivity index (χ3v) is 8.02. The van der Waals surface area contributed by atoms with Crippen molar-refractivity contribution in [1.82, 2.24) is 19.5 Å². The van der Waals surface area contributed by atoms with Crippen molar-refractivity contribution in [2.24, 2.45) is 0 Å². The first-order chi connectivity index (χ1) is 15.6. The summed E-state index contributed by atoms with van der Waals surface area (Å²) in [4.78, 5) is 36.6. The molecule has 3 aromatic rings. The van der Waals surface area contributed by atoms with Crippen LogP contribution >= 0.6 is 18.5 Å². The van der Waals surface area contributed by atoms with Crippen LogP contribution < -0.4 is 16.2 Å². The van der Waals surface area contributed by atoms with E-state index in [2.05, 4.69) is 28.8 Å². The largest absolute Gasteiger partial charge is 0.780 e. The van der Waals surface area contributed by atoms with Crippen molar-refractivity contribution in [2.45, 2.75) is 54.4 Å². The van der Waals surface area contributed by atoms with E-state index in [1.807, 2.05) is 24.3 Å². The van der Waals surface area contributed by atoms with Gasteiger partial charge in [0.15, 0.2) is 22.5 Å². The molecular weight excluding hydrogens is 489 g/mol. The van der Waals surface area contributed by atoms with E-state index in [0.29, 0.717) is 11.1 Å². The number of rotatable bonds is 4. The molecule has 5 rings (SSSR count). The first-order valence-corrected chi connectivity index (χ1v) is 13.5. The molecule has 14 heteroatoms. The lowest BCUT2D eigenvalue weighted by Crippen LogP contribution is -2.41. The minimum atomic E-state index is -3.72. The molecule has 0 radical (unpaired) electrons. The molecule has 2 aliphatic heterocycles. The minimum absolute atomic E-state index is 0.0438. The summed E-state index contributed by atoms with van der Waals surface area (Å²) in [5.74, 6) is 0.276. The van der Waals surface area contributed by atoms with Crippen LogP contribution in [0.2, 0.25) is 0 Å². The molecule has 11 nitrogen and oxygen atoms in total. The number of anilines is 1. The molecular formula is C19H21N5O6PS2-. The normalized spacial score (nSPS) is 29.6.